The van der Waals surface area contributed by atoms with Gasteiger partial charge in [0, 0.05) is 12.0 Å². The Hall–Kier alpha value is -2.59. The molecule has 0 aliphatic rings. The van der Waals surface area contributed by atoms with Crippen molar-refractivity contribution in [2.24, 2.45) is 5.73 Å². The topological polar surface area (TPSA) is 104 Å². The molecule has 0 atom stereocenters. The van der Waals surface area contributed by atoms with E-state index in [-0.39, 0.29) is 15.7 Å². The second kappa shape index (κ2) is 5.89. The van der Waals surface area contributed by atoms with Crippen LogP contribution in [0.15, 0.2) is 29.1 Å². The monoisotopic (exact) mass is 350 g/mol. The number of hydrogen-bond acceptors (Lipinski definition) is 4. The van der Waals surface area contributed by atoms with Gasteiger partial charge in [0.2, 0.25) is 4.77 Å². The molecule has 23 heavy (non-hydrogen) atoms. The summed E-state index contributed by atoms with van der Waals surface area (Å²) in [6.07, 6.45) is 0.378. The molecule has 5 N–H and O–H groups in total. The normalized spacial score (nSPS) is 10.8. The third-order valence-electron chi connectivity index (χ3n) is 3.17. The molecular weight excluding hydrogens is 339 g/mol. The van der Waals surface area contributed by atoms with Gasteiger partial charge in [0.15, 0.2) is 10.8 Å². The highest BCUT2D eigenvalue weighted by Crippen LogP contribution is 2.21. The zero-order chi connectivity index (χ0) is 16.6. The molecule has 1 aromatic carbocycles. The molecule has 2 heterocycles. The number of halogens is 1. The molecule has 0 aliphatic carbocycles. The van der Waals surface area contributed by atoms with Crippen LogP contribution in [-0.4, -0.2) is 24.7 Å². The molecule has 0 saturated heterocycles. The summed E-state index contributed by atoms with van der Waals surface area (Å²) in [7, 11) is 0. The molecule has 3 rings (SSSR count). The first-order valence-corrected chi connectivity index (χ1v) is 7.30. The van der Waals surface area contributed by atoms with Crippen molar-refractivity contribution >= 4 is 41.0 Å². The van der Waals surface area contributed by atoms with Crippen LogP contribution in [0.5, 0.6) is 0 Å². The van der Waals surface area contributed by atoms with E-state index < -0.39 is 5.69 Å². The minimum atomic E-state index is -0.462. The molecule has 3 aromatic rings. The first-order valence-electron chi connectivity index (χ1n) is 6.49. The molecule has 0 fully saturated rings. The van der Waals surface area contributed by atoms with E-state index in [1.54, 1.807) is 12.1 Å². The lowest BCUT2D eigenvalue weighted by molar-refractivity contribution is 0.627. The van der Waals surface area contributed by atoms with Gasteiger partial charge >= 0.3 is 5.69 Å². The van der Waals surface area contributed by atoms with Gasteiger partial charge in [0.25, 0.3) is 0 Å². The van der Waals surface area contributed by atoms with Crippen molar-refractivity contribution in [2.75, 3.05) is 5.32 Å². The summed E-state index contributed by atoms with van der Waals surface area (Å²) in [4.78, 5) is 18.6. The molecule has 2 aromatic heterocycles. The second-order valence-electron chi connectivity index (χ2n) is 4.76. The van der Waals surface area contributed by atoms with E-state index in [0.717, 1.165) is 5.56 Å². The quantitative estimate of drug-likeness (QED) is 0.533. The minimum Gasteiger partial charge on any atom is -0.376 e. The van der Waals surface area contributed by atoms with Crippen molar-refractivity contribution in [3.05, 3.63) is 56.5 Å². The van der Waals surface area contributed by atoms with Gasteiger partial charge in [0.1, 0.15) is 11.6 Å². The van der Waals surface area contributed by atoms with Crippen LogP contribution in [0.2, 0.25) is 0 Å². The Bertz CT molecular complexity index is 1000. The maximum Gasteiger partial charge on any atom is 0.348 e. The van der Waals surface area contributed by atoms with Crippen molar-refractivity contribution in [3.8, 4) is 0 Å². The summed E-state index contributed by atoms with van der Waals surface area (Å²) in [5.41, 5.74) is 6.86. The molecule has 0 bridgehead atoms. The molecule has 0 unspecified atom stereocenters. The number of H-pyrrole nitrogens is 2. The lowest BCUT2D eigenvalue weighted by atomic mass is 10.1. The highest BCUT2D eigenvalue weighted by atomic mass is 32.1. The number of nitrogens with two attached hydrogens (primary N) is 1. The number of nitrogens with one attached hydrogen (secondary N) is 3. The van der Waals surface area contributed by atoms with Crippen LogP contribution in [0.1, 0.15) is 11.1 Å². The van der Waals surface area contributed by atoms with E-state index in [2.05, 4.69) is 20.4 Å². The van der Waals surface area contributed by atoms with E-state index >= 15 is 0 Å². The summed E-state index contributed by atoms with van der Waals surface area (Å²) in [5.74, 6) is 0.103. The zero-order valence-corrected chi connectivity index (χ0v) is 13.2. The Morgan fingerprint density at radius 1 is 1.39 bits per heavy atom. The third-order valence-corrected chi connectivity index (χ3v) is 3.47. The maximum absolute atomic E-state index is 13.0. The summed E-state index contributed by atoms with van der Waals surface area (Å²) in [5, 5.41) is 5.64. The van der Waals surface area contributed by atoms with Crippen molar-refractivity contribution in [1.29, 1.82) is 0 Å². The van der Waals surface area contributed by atoms with Crippen LogP contribution in [0, 0.1) is 10.6 Å². The van der Waals surface area contributed by atoms with Gasteiger partial charge in [-0.15, -0.1) is 0 Å². The Morgan fingerprint density at radius 2 is 2.09 bits per heavy atom. The van der Waals surface area contributed by atoms with Gasteiger partial charge in [-0.3, -0.25) is 10.1 Å². The van der Waals surface area contributed by atoms with Gasteiger partial charge < -0.3 is 11.1 Å². The van der Waals surface area contributed by atoms with Gasteiger partial charge in [0.05, 0.1) is 0 Å². The largest absolute Gasteiger partial charge is 0.376 e. The molecule has 0 saturated carbocycles. The van der Waals surface area contributed by atoms with E-state index in [1.807, 2.05) is 0 Å². The summed E-state index contributed by atoms with van der Waals surface area (Å²) < 4.78 is 14.3. The molecule has 7 nitrogen and oxygen atoms in total. The fraction of sp³-hybridized carbons (Fsp3) is 0.0769. The van der Waals surface area contributed by atoms with Gasteiger partial charge in [-0.2, -0.15) is 9.50 Å². The first kappa shape index (κ1) is 15.3. The van der Waals surface area contributed by atoms with Crippen molar-refractivity contribution in [3.63, 3.8) is 0 Å². The number of aromatic nitrogens is 4. The van der Waals surface area contributed by atoms with Crippen molar-refractivity contribution < 1.29 is 4.39 Å². The third kappa shape index (κ3) is 3.12. The molecule has 0 radical (unpaired) electrons. The SMILES string of the molecule is NC(=S)Nc1[nH]n2c(=O)[nH]c(=S)nc2c1Cc1ccc(F)cc1. The number of rotatable bonds is 3. The smallest absolute Gasteiger partial charge is 0.348 e. The standard InChI is InChI=1S/C13H11FN6OS2/c14-7-3-1-6(2-4-7)5-8-9(16-11(15)22)19-20-10(8)17-12(23)18-13(20)21/h1-4,19H,5H2,(H3,15,16,22)(H,18,21,23). The van der Waals surface area contributed by atoms with E-state index in [1.165, 1.54) is 16.6 Å². The Balaban J connectivity index is 2.18. The summed E-state index contributed by atoms with van der Waals surface area (Å²) in [6.45, 7) is 0. The molecule has 0 amide bonds. The summed E-state index contributed by atoms with van der Waals surface area (Å²) in [6, 6.07) is 6.00. The van der Waals surface area contributed by atoms with Crippen molar-refractivity contribution in [2.45, 2.75) is 6.42 Å². The van der Waals surface area contributed by atoms with Crippen LogP contribution in [0.4, 0.5) is 10.2 Å². The maximum atomic E-state index is 13.0. The first-order chi connectivity index (χ1) is 10.9. The predicted molar refractivity (Wildman–Crippen MR) is 90.6 cm³/mol. The van der Waals surface area contributed by atoms with Gasteiger partial charge in [-0.25, -0.2) is 9.18 Å². The number of benzene rings is 1. The van der Waals surface area contributed by atoms with Crippen LogP contribution in [0.3, 0.4) is 0 Å². The summed E-state index contributed by atoms with van der Waals surface area (Å²) >= 11 is 9.79. The second-order valence-corrected chi connectivity index (χ2v) is 5.59. The highest BCUT2D eigenvalue weighted by Gasteiger charge is 2.15. The lowest BCUT2D eigenvalue weighted by Crippen LogP contribution is -2.21. The van der Waals surface area contributed by atoms with E-state index in [4.69, 9.17) is 30.2 Å². The van der Waals surface area contributed by atoms with Crippen LogP contribution in [-0.2, 0) is 6.42 Å². The molecule has 118 valence electrons. The number of aromatic amines is 2. The molecule has 10 heteroatoms. The number of fused-ring (bicyclic) bond motifs is 1. The van der Waals surface area contributed by atoms with Gasteiger partial charge in [-0.05, 0) is 42.1 Å². The fourth-order valence-electron chi connectivity index (χ4n) is 2.22. The lowest BCUT2D eigenvalue weighted by Gasteiger charge is -2.05. The predicted octanol–water partition coefficient (Wildman–Crippen LogP) is 1.47. The minimum absolute atomic E-state index is 0.0348. The molecular formula is C13H11FN6OS2. The van der Waals surface area contributed by atoms with E-state index in [9.17, 15) is 9.18 Å². The fourth-order valence-corrected chi connectivity index (χ4v) is 2.49. The van der Waals surface area contributed by atoms with Crippen molar-refractivity contribution in [1.82, 2.24) is 19.6 Å². The Morgan fingerprint density at radius 3 is 2.74 bits per heavy atom. The van der Waals surface area contributed by atoms with Gasteiger partial charge in [-0.1, -0.05) is 12.1 Å². The molecule has 0 aliphatic heterocycles. The Labute approximate surface area is 139 Å². The number of nitrogens with zero attached hydrogens (tertiary/aromatic N) is 2. The number of thiocarbonyl (C=S) groups is 1. The average molecular weight is 350 g/mol. The van der Waals surface area contributed by atoms with Crippen LogP contribution >= 0.6 is 24.4 Å². The number of hydrogen-bond donors (Lipinski definition) is 4. The van der Waals surface area contributed by atoms with E-state index in [0.29, 0.717) is 23.4 Å². The highest BCUT2D eigenvalue weighted by molar-refractivity contribution is 7.80. The Kier molecular flexibility index (Phi) is 3.92. The molecule has 0 spiro atoms. The zero-order valence-electron chi connectivity index (χ0n) is 11.6. The van der Waals surface area contributed by atoms with Crippen LogP contribution in [0.25, 0.3) is 5.65 Å². The average Bonchev–Trinajstić information content (AvgIpc) is 2.79. The number of anilines is 1. The van der Waals surface area contributed by atoms with Crippen LogP contribution < -0.4 is 16.7 Å².